The van der Waals surface area contributed by atoms with E-state index in [1.54, 1.807) is 18.5 Å². The third kappa shape index (κ3) is 4.32. The minimum Gasteiger partial charge on any atom is -0.462 e. The average molecular weight is 464 g/mol. The van der Waals surface area contributed by atoms with Gasteiger partial charge in [0.05, 0.1) is 17.6 Å². The van der Waals surface area contributed by atoms with Crippen molar-refractivity contribution >= 4 is 28.4 Å². The van der Waals surface area contributed by atoms with Crippen LogP contribution in [0.1, 0.15) is 23.8 Å². The van der Waals surface area contributed by atoms with Crippen LogP contribution >= 0.6 is 0 Å². The van der Waals surface area contributed by atoms with Crippen molar-refractivity contribution in [3.05, 3.63) is 66.6 Å². The van der Waals surface area contributed by atoms with Gasteiger partial charge in [-0.3, -0.25) is 9.78 Å². The molecule has 1 saturated heterocycles. The number of hydrogen-bond donors (Lipinski definition) is 2. The Morgan fingerprint density at radius 3 is 2.74 bits per heavy atom. The first-order valence-electron chi connectivity index (χ1n) is 10.8. The highest BCUT2D eigenvalue weighted by molar-refractivity contribution is 6.06. The van der Waals surface area contributed by atoms with E-state index in [4.69, 9.17) is 10.2 Å². The molecule has 174 valence electrons. The average Bonchev–Trinajstić information content (AvgIpc) is 3.21. The van der Waals surface area contributed by atoms with E-state index in [2.05, 4.69) is 32.1 Å². The van der Waals surface area contributed by atoms with Gasteiger partial charge in [-0.25, -0.2) is 4.98 Å². The summed E-state index contributed by atoms with van der Waals surface area (Å²) in [5, 5.41) is 2.88. The molecular weight excluding hydrogens is 442 g/mol. The van der Waals surface area contributed by atoms with Crippen LogP contribution in [-0.2, 0) is 0 Å². The van der Waals surface area contributed by atoms with E-state index in [9.17, 15) is 13.6 Å². The summed E-state index contributed by atoms with van der Waals surface area (Å²) >= 11 is 0. The summed E-state index contributed by atoms with van der Waals surface area (Å²) in [4.78, 5) is 26.9. The largest absolute Gasteiger partial charge is 0.462 e. The third-order valence-electron chi connectivity index (χ3n) is 5.80. The molecule has 4 aromatic heterocycles. The number of aromatic nitrogens is 3. The summed E-state index contributed by atoms with van der Waals surface area (Å²) in [6.07, 6.45) is 5.55. The van der Waals surface area contributed by atoms with Gasteiger partial charge < -0.3 is 20.4 Å². The van der Waals surface area contributed by atoms with E-state index >= 15 is 0 Å². The molecule has 0 radical (unpaired) electrons. The van der Waals surface area contributed by atoms with Gasteiger partial charge in [0.15, 0.2) is 5.58 Å². The Morgan fingerprint density at radius 1 is 1.18 bits per heavy atom. The Hall–Kier alpha value is -3.92. The number of carbonyl (C=O) groups is 1. The summed E-state index contributed by atoms with van der Waals surface area (Å²) in [5.74, 6) is -1.96. The van der Waals surface area contributed by atoms with Crippen LogP contribution in [0.3, 0.4) is 0 Å². The molecule has 2 atom stereocenters. The van der Waals surface area contributed by atoms with Crippen molar-refractivity contribution < 1.29 is 18.0 Å². The number of carbonyl (C=O) groups excluding carboxylic acids is 1. The van der Waals surface area contributed by atoms with Crippen molar-refractivity contribution in [1.29, 1.82) is 0 Å². The van der Waals surface area contributed by atoms with E-state index in [1.807, 2.05) is 6.07 Å². The standard InChI is InChI=1S/C24H22F2N6O2/c1-13-6-15(27)11-32(10-13)19-4-5-28-9-18(19)30-24(33)17-2-3-20-23(29-17)16(12-34-20)14-7-21(25)31-22(26)8-14/h2-5,7-9,12-13,15H,6,10-11,27H2,1H3,(H,30,33). The molecule has 0 aliphatic carbocycles. The molecular formula is C24H22F2N6O2. The Balaban J connectivity index is 1.45. The van der Waals surface area contributed by atoms with Crippen molar-refractivity contribution in [2.75, 3.05) is 23.3 Å². The monoisotopic (exact) mass is 464 g/mol. The van der Waals surface area contributed by atoms with E-state index in [-0.39, 0.29) is 17.3 Å². The van der Waals surface area contributed by atoms with E-state index in [0.717, 1.165) is 30.8 Å². The molecule has 34 heavy (non-hydrogen) atoms. The number of furan rings is 1. The van der Waals surface area contributed by atoms with Crippen molar-refractivity contribution in [3.8, 4) is 11.1 Å². The maximum absolute atomic E-state index is 13.6. The van der Waals surface area contributed by atoms with Crippen LogP contribution in [0.2, 0.25) is 0 Å². The number of anilines is 2. The molecule has 10 heteroatoms. The second-order valence-corrected chi connectivity index (χ2v) is 8.55. The smallest absolute Gasteiger partial charge is 0.274 e. The highest BCUT2D eigenvalue weighted by atomic mass is 19.1. The molecule has 1 fully saturated rings. The molecule has 0 spiro atoms. The van der Waals surface area contributed by atoms with Crippen molar-refractivity contribution in [2.24, 2.45) is 11.7 Å². The molecule has 0 saturated carbocycles. The molecule has 0 bridgehead atoms. The van der Waals surface area contributed by atoms with Gasteiger partial charge in [-0.05, 0) is 36.1 Å². The molecule has 1 aliphatic heterocycles. The minimum absolute atomic E-state index is 0.0481. The van der Waals surface area contributed by atoms with Gasteiger partial charge in [-0.1, -0.05) is 6.92 Å². The fraction of sp³-hybridized carbons (Fsp3) is 0.250. The first kappa shape index (κ1) is 21.9. The molecule has 5 heterocycles. The number of amides is 1. The van der Waals surface area contributed by atoms with Crippen LogP contribution in [-0.4, -0.2) is 40.0 Å². The number of rotatable bonds is 4. The molecule has 2 unspecified atom stereocenters. The summed E-state index contributed by atoms with van der Waals surface area (Å²) in [6.45, 7) is 3.65. The zero-order valence-electron chi connectivity index (χ0n) is 18.3. The summed E-state index contributed by atoms with van der Waals surface area (Å²) in [6, 6.07) is 7.16. The van der Waals surface area contributed by atoms with E-state index in [1.165, 1.54) is 12.3 Å². The minimum atomic E-state index is -0.964. The zero-order chi connectivity index (χ0) is 23.8. The Morgan fingerprint density at radius 2 is 1.97 bits per heavy atom. The van der Waals surface area contributed by atoms with Crippen molar-refractivity contribution in [2.45, 2.75) is 19.4 Å². The second kappa shape index (κ2) is 8.79. The van der Waals surface area contributed by atoms with Gasteiger partial charge in [-0.2, -0.15) is 13.8 Å². The van der Waals surface area contributed by atoms with Gasteiger partial charge >= 0.3 is 0 Å². The summed E-state index contributed by atoms with van der Waals surface area (Å²) < 4.78 is 32.7. The topological polar surface area (TPSA) is 110 Å². The Labute approximate surface area is 193 Å². The number of nitrogens with two attached hydrogens (primary N) is 1. The van der Waals surface area contributed by atoms with Crippen LogP contribution in [0, 0.1) is 17.8 Å². The number of fused-ring (bicyclic) bond motifs is 1. The molecule has 4 aromatic rings. The van der Waals surface area contributed by atoms with E-state index < -0.39 is 17.8 Å². The van der Waals surface area contributed by atoms with Crippen LogP contribution in [0.25, 0.3) is 22.2 Å². The highest BCUT2D eigenvalue weighted by Gasteiger charge is 2.25. The SMILES string of the molecule is CC1CC(N)CN(c2ccncc2NC(=O)c2ccc3occ(-c4cc(F)nc(F)c4)c3n2)C1. The van der Waals surface area contributed by atoms with Gasteiger partial charge in [0.1, 0.15) is 17.5 Å². The molecule has 8 nitrogen and oxygen atoms in total. The number of hydrogen-bond acceptors (Lipinski definition) is 7. The lowest BCUT2D eigenvalue weighted by atomic mass is 9.96. The summed E-state index contributed by atoms with van der Waals surface area (Å²) in [7, 11) is 0. The highest BCUT2D eigenvalue weighted by Crippen LogP contribution is 2.31. The molecule has 1 amide bonds. The predicted molar refractivity (Wildman–Crippen MR) is 123 cm³/mol. The summed E-state index contributed by atoms with van der Waals surface area (Å²) in [5.41, 5.74) is 8.93. The number of halogens is 2. The van der Waals surface area contributed by atoms with Gasteiger partial charge in [-0.15, -0.1) is 0 Å². The van der Waals surface area contributed by atoms with Crippen LogP contribution in [0.5, 0.6) is 0 Å². The molecule has 3 N–H and O–H groups in total. The fourth-order valence-corrected chi connectivity index (χ4v) is 4.41. The van der Waals surface area contributed by atoms with Crippen LogP contribution < -0.4 is 16.0 Å². The van der Waals surface area contributed by atoms with Gasteiger partial charge in [0.2, 0.25) is 11.9 Å². The number of pyridine rings is 3. The lowest BCUT2D eigenvalue weighted by molar-refractivity contribution is 0.102. The molecule has 5 rings (SSSR count). The van der Waals surface area contributed by atoms with Gasteiger partial charge in [0.25, 0.3) is 5.91 Å². The first-order valence-corrected chi connectivity index (χ1v) is 10.8. The third-order valence-corrected chi connectivity index (χ3v) is 5.80. The van der Waals surface area contributed by atoms with Crippen molar-refractivity contribution in [1.82, 2.24) is 15.0 Å². The maximum Gasteiger partial charge on any atom is 0.274 e. The Kier molecular flexibility index (Phi) is 5.66. The first-order chi connectivity index (χ1) is 16.4. The van der Waals surface area contributed by atoms with Crippen LogP contribution in [0.15, 0.2) is 53.4 Å². The normalized spacial score (nSPS) is 18.3. The molecule has 0 aromatic carbocycles. The predicted octanol–water partition coefficient (Wildman–Crippen LogP) is 3.99. The Bertz CT molecular complexity index is 1340. The quantitative estimate of drug-likeness (QED) is 0.440. The number of piperidine rings is 1. The number of nitrogens with zero attached hydrogens (tertiary/aromatic N) is 4. The van der Waals surface area contributed by atoms with Crippen LogP contribution in [0.4, 0.5) is 20.2 Å². The van der Waals surface area contributed by atoms with Crippen molar-refractivity contribution in [3.63, 3.8) is 0 Å². The number of nitrogens with one attached hydrogen (secondary N) is 1. The zero-order valence-corrected chi connectivity index (χ0v) is 18.3. The van der Waals surface area contributed by atoms with Gasteiger partial charge in [0, 0.05) is 43.0 Å². The van der Waals surface area contributed by atoms with E-state index in [0.29, 0.717) is 34.8 Å². The second-order valence-electron chi connectivity index (χ2n) is 8.55. The lowest BCUT2D eigenvalue weighted by Gasteiger charge is -2.37. The molecule has 1 aliphatic rings. The fourth-order valence-electron chi connectivity index (χ4n) is 4.41. The maximum atomic E-state index is 13.6. The lowest BCUT2D eigenvalue weighted by Crippen LogP contribution is -2.46.